The van der Waals surface area contributed by atoms with Crippen LogP contribution >= 0.6 is 0 Å². The molecule has 4 aromatic rings. The lowest BCUT2D eigenvalue weighted by atomic mass is 9.81. The summed E-state index contributed by atoms with van der Waals surface area (Å²) >= 11 is 0. The second-order valence-electron chi connectivity index (χ2n) is 9.51. The Labute approximate surface area is 219 Å². The summed E-state index contributed by atoms with van der Waals surface area (Å²) in [6.45, 7) is 4.06. The van der Waals surface area contributed by atoms with Crippen molar-refractivity contribution in [2.45, 2.75) is 45.4 Å². The molecule has 198 valence electrons. The maximum atomic E-state index is 13.9. The first-order chi connectivity index (χ1) is 18.4. The summed E-state index contributed by atoms with van der Waals surface area (Å²) in [5.41, 5.74) is 1.78. The zero-order valence-corrected chi connectivity index (χ0v) is 21.6. The molecule has 1 aliphatic carbocycles. The Kier molecular flexibility index (Phi) is 7.13. The molecule has 0 bridgehead atoms. The molecule has 0 saturated heterocycles. The van der Waals surface area contributed by atoms with Gasteiger partial charge in [-0.25, -0.2) is 9.07 Å². The Morgan fingerprint density at radius 1 is 1.18 bits per heavy atom. The van der Waals surface area contributed by atoms with Crippen molar-refractivity contribution in [2.24, 2.45) is 13.0 Å². The summed E-state index contributed by atoms with van der Waals surface area (Å²) in [6, 6.07) is 13.5. The first-order valence-corrected chi connectivity index (χ1v) is 12.8. The summed E-state index contributed by atoms with van der Waals surface area (Å²) in [4.78, 5) is 26.5. The first kappa shape index (κ1) is 25.4. The van der Waals surface area contributed by atoms with Gasteiger partial charge in [0.05, 0.1) is 23.6 Å². The Morgan fingerprint density at radius 2 is 1.97 bits per heavy atom. The van der Waals surface area contributed by atoms with Gasteiger partial charge >= 0.3 is 0 Å². The van der Waals surface area contributed by atoms with Crippen LogP contribution in [-0.4, -0.2) is 32.1 Å². The number of anilines is 1. The van der Waals surface area contributed by atoms with E-state index in [1.807, 2.05) is 44.2 Å². The van der Waals surface area contributed by atoms with E-state index in [4.69, 9.17) is 9.15 Å². The molecule has 2 atom stereocenters. The smallest absolute Gasteiger partial charge is 0.295 e. The van der Waals surface area contributed by atoms with Crippen LogP contribution in [0, 0.1) is 18.7 Å². The van der Waals surface area contributed by atoms with Crippen LogP contribution < -0.4 is 15.6 Å². The van der Waals surface area contributed by atoms with Crippen LogP contribution in [0.5, 0.6) is 5.75 Å². The number of benzene rings is 2. The highest BCUT2D eigenvalue weighted by molar-refractivity contribution is 5.93. The molecule has 2 aromatic carbocycles. The highest BCUT2D eigenvalue weighted by Crippen LogP contribution is 2.38. The number of halogens is 1. The van der Waals surface area contributed by atoms with Crippen LogP contribution in [0.15, 0.2) is 57.7 Å². The third kappa shape index (κ3) is 4.85. The molecule has 38 heavy (non-hydrogen) atoms. The number of nitrogens with zero attached hydrogens (tertiary/aromatic N) is 4. The van der Waals surface area contributed by atoms with Gasteiger partial charge in [0.25, 0.3) is 11.4 Å². The molecule has 2 heterocycles. The van der Waals surface area contributed by atoms with E-state index in [0.29, 0.717) is 42.3 Å². The van der Waals surface area contributed by atoms with Gasteiger partial charge in [-0.3, -0.25) is 14.3 Å². The van der Waals surface area contributed by atoms with Crippen molar-refractivity contribution in [2.75, 3.05) is 11.9 Å². The average Bonchev–Trinajstić information content (AvgIpc) is 3.50. The van der Waals surface area contributed by atoms with E-state index in [9.17, 15) is 14.0 Å². The van der Waals surface area contributed by atoms with Gasteiger partial charge in [-0.2, -0.15) is 0 Å². The number of para-hydroxylation sites is 1. The average molecular weight is 520 g/mol. The monoisotopic (exact) mass is 519 g/mol. The lowest BCUT2D eigenvalue weighted by Crippen LogP contribution is -2.30. The molecule has 1 N–H and O–H groups in total. The molecule has 0 unspecified atom stereocenters. The van der Waals surface area contributed by atoms with Crippen LogP contribution in [0.3, 0.4) is 0 Å². The lowest BCUT2D eigenvalue weighted by molar-refractivity contribution is -0.121. The quantitative estimate of drug-likeness (QED) is 0.369. The standard InChI is InChI=1S/C28H30FN5O4/c1-4-37-23-14-13-20(29)16-22(23)27-32-31-26(38-27)19-10-8-9-18(15-19)25(35)30-24-17(2)33(3)34(28(24)36)21-11-6-5-7-12-21/h5-7,11-14,16,18-19H,4,8-10,15H2,1-3H3,(H,30,35)/t18-,19+/m1/s1. The number of aromatic nitrogens is 4. The van der Waals surface area contributed by atoms with Gasteiger partial charge in [-0.15, -0.1) is 10.2 Å². The lowest BCUT2D eigenvalue weighted by Gasteiger charge is -2.26. The zero-order chi connectivity index (χ0) is 26.8. The van der Waals surface area contributed by atoms with E-state index in [2.05, 4.69) is 15.5 Å². The maximum Gasteiger partial charge on any atom is 0.295 e. The molecule has 1 aliphatic rings. The number of nitrogens with one attached hydrogen (secondary N) is 1. The van der Waals surface area contributed by atoms with Crippen molar-refractivity contribution < 1.29 is 18.3 Å². The molecule has 2 aromatic heterocycles. The minimum atomic E-state index is -0.430. The molecule has 1 amide bonds. The van der Waals surface area contributed by atoms with Crippen molar-refractivity contribution in [3.63, 3.8) is 0 Å². The zero-order valence-electron chi connectivity index (χ0n) is 21.6. The number of hydrogen-bond acceptors (Lipinski definition) is 6. The van der Waals surface area contributed by atoms with E-state index in [0.717, 1.165) is 18.5 Å². The second-order valence-corrected chi connectivity index (χ2v) is 9.51. The van der Waals surface area contributed by atoms with Crippen LogP contribution in [-0.2, 0) is 11.8 Å². The van der Waals surface area contributed by atoms with E-state index >= 15 is 0 Å². The third-order valence-electron chi connectivity index (χ3n) is 7.11. The fraction of sp³-hybridized carbons (Fsp3) is 0.357. The van der Waals surface area contributed by atoms with Gasteiger partial charge in [0.2, 0.25) is 11.8 Å². The molecular formula is C28H30FN5O4. The van der Waals surface area contributed by atoms with Crippen LogP contribution in [0.4, 0.5) is 10.1 Å². The Morgan fingerprint density at radius 3 is 2.74 bits per heavy atom. The summed E-state index contributed by atoms with van der Waals surface area (Å²) < 4.78 is 28.7. The van der Waals surface area contributed by atoms with Crippen molar-refractivity contribution in [3.05, 3.63) is 76.3 Å². The Bertz CT molecular complexity index is 1510. The molecule has 0 aliphatic heterocycles. The summed E-state index contributed by atoms with van der Waals surface area (Å²) in [7, 11) is 1.79. The molecular weight excluding hydrogens is 489 g/mol. The highest BCUT2D eigenvalue weighted by Gasteiger charge is 2.32. The van der Waals surface area contributed by atoms with Crippen LogP contribution in [0.2, 0.25) is 0 Å². The summed E-state index contributed by atoms with van der Waals surface area (Å²) in [5, 5.41) is 11.2. The van der Waals surface area contributed by atoms with E-state index in [1.165, 1.54) is 22.9 Å². The third-order valence-corrected chi connectivity index (χ3v) is 7.11. The SMILES string of the molecule is CCOc1ccc(F)cc1-c1nnc([C@H]2CCC[C@@H](C(=O)Nc3c(C)n(C)n(-c4ccccc4)c3=O)C2)o1. The van der Waals surface area contributed by atoms with E-state index in [-0.39, 0.29) is 34.9 Å². The van der Waals surface area contributed by atoms with Gasteiger partial charge in [0.1, 0.15) is 17.3 Å². The molecule has 10 heteroatoms. The predicted molar refractivity (Wildman–Crippen MR) is 140 cm³/mol. The number of rotatable bonds is 7. The first-order valence-electron chi connectivity index (χ1n) is 12.8. The van der Waals surface area contributed by atoms with Gasteiger partial charge in [0.15, 0.2) is 0 Å². The molecule has 0 radical (unpaired) electrons. The molecule has 1 fully saturated rings. The van der Waals surface area contributed by atoms with Crippen molar-refractivity contribution in [1.82, 2.24) is 19.6 Å². The summed E-state index contributed by atoms with van der Waals surface area (Å²) in [6.07, 6.45) is 2.79. The fourth-order valence-corrected chi connectivity index (χ4v) is 5.05. The van der Waals surface area contributed by atoms with Crippen molar-refractivity contribution >= 4 is 11.6 Å². The van der Waals surface area contributed by atoms with E-state index < -0.39 is 5.82 Å². The van der Waals surface area contributed by atoms with Crippen molar-refractivity contribution in [1.29, 1.82) is 0 Å². The molecule has 5 rings (SSSR count). The van der Waals surface area contributed by atoms with Gasteiger partial charge < -0.3 is 14.5 Å². The van der Waals surface area contributed by atoms with Gasteiger partial charge in [0, 0.05) is 18.9 Å². The number of hydrogen-bond donors (Lipinski definition) is 1. The second kappa shape index (κ2) is 10.6. The number of carbonyl (C=O) groups excluding carboxylic acids is 1. The van der Waals surface area contributed by atoms with Gasteiger partial charge in [-0.1, -0.05) is 24.6 Å². The number of carbonyl (C=O) groups is 1. The Hall–Kier alpha value is -4.21. The normalized spacial score (nSPS) is 17.4. The fourth-order valence-electron chi connectivity index (χ4n) is 5.05. The number of ether oxygens (including phenoxy) is 1. The topological polar surface area (TPSA) is 104 Å². The molecule has 1 saturated carbocycles. The van der Waals surface area contributed by atoms with Crippen molar-refractivity contribution in [3.8, 4) is 22.9 Å². The minimum absolute atomic E-state index is 0.123. The number of amides is 1. The predicted octanol–water partition coefficient (Wildman–Crippen LogP) is 4.98. The summed E-state index contributed by atoms with van der Waals surface area (Å²) in [5.74, 6) is -0.0275. The minimum Gasteiger partial charge on any atom is -0.493 e. The van der Waals surface area contributed by atoms with Gasteiger partial charge in [-0.05, 0) is 63.4 Å². The maximum absolute atomic E-state index is 13.9. The van der Waals surface area contributed by atoms with E-state index in [1.54, 1.807) is 11.7 Å². The Balaban J connectivity index is 1.33. The highest BCUT2D eigenvalue weighted by atomic mass is 19.1. The molecule has 9 nitrogen and oxygen atoms in total. The molecule has 0 spiro atoms. The van der Waals surface area contributed by atoms with Crippen LogP contribution in [0.25, 0.3) is 17.1 Å². The largest absolute Gasteiger partial charge is 0.493 e. The van der Waals surface area contributed by atoms with Crippen LogP contribution in [0.1, 0.15) is 50.1 Å².